The summed E-state index contributed by atoms with van der Waals surface area (Å²) in [5, 5.41) is 7.90. The Kier molecular flexibility index (Phi) is 3.44. The second-order valence-corrected chi connectivity index (χ2v) is 5.58. The first kappa shape index (κ1) is 13.1. The van der Waals surface area contributed by atoms with Gasteiger partial charge < -0.3 is 10.6 Å². The lowest BCUT2D eigenvalue weighted by Gasteiger charge is -2.29. The van der Waals surface area contributed by atoms with E-state index in [1.807, 2.05) is 30.1 Å². The Labute approximate surface area is 118 Å². The van der Waals surface area contributed by atoms with E-state index >= 15 is 0 Å². The van der Waals surface area contributed by atoms with Crippen LogP contribution in [0.4, 0.5) is 0 Å². The van der Waals surface area contributed by atoms with Crippen molar-refractivity contribution in [3.63, 3.8) is 0 Å². The summed E-state index contributed by atoms with van der Waals surface area (Å²) in [7, 11) is 1.89. The summed E-state index contributed by atoms with van der Waals surface area (Å²) in [6.07, 6.45) is 5.09. The molecule has 1 heterocycles. The van der Waals surface area contributed by atoms with E-state index in [-0.39, 0.29) is 11.9 Å². The maximum atomic E-state index is 12.6. The number of nitrogens with zero attached hydrogens (tertiary/aromatic N) is 2. The molecule has 0 aliphatic heterocycles. The predicted octanol–water partition coefficient (Wildman–Crippen LogP) is 1.76. The van der Waals surface area contributed by atoms with Gasteiger partial charge in [-0.15, -0.1) is 0 Å². The lowest BCUT2D eigenvalue weighted by molar-refractivity contribution is 0.0700. The fourth-order valence-corrected chi connectivity index (χ4v) is 3.23. The number of nitrogens with two attached hydrogens (primary N) is 1. The van der Waals surface area contributed by atoms with Crippen molar-refractivity contribution in [2.75, 3.05) is 13.6 Å². The molecule has 106 valence electrons. The van der Waals surface area contributed by atoms with E-state index in [1.54, 1.807) is 6.20 Å². The fraction of sp³-hybridized carbons (Fsp3) is 0.467. The fourth-order valence-electron chi connectivity index (χ4n) is 3.23. The van der Waals surface area contributed by atoms with Crippen LogP contribution in [0.1, 0.15) is 29.6 Å². The van der Waals surface area contributed by atoms with Gasteiger partial charge in [-0.1, -0.05) is 12.5 Å². The summed E-state index contributed by atoms with van der Waals surface area (Å²) in [5.74, 6) is 0.492. The Hall–Kier alpha value is -1.88. The average Bonchev–Trinajstić information content (AvgIpc) is 3.12. The van der Waals surface area contributed by atoms with Crippen molar-refractivity contribution in [3.05, 3.63) is 30.0 Å². The van der Waals surface area contributed by atoms with Gasteiger partial charge >= 0.3 is 0 Å². The molecule has 1 aliphatic carbocycles. The molecule has 1 fully saturated rings. The van der Waals surface area contributed by atoms with Crippen molar-refractivity contribution in [2.24, 2.45) is 11.7 Å². The average molecular weight is 272 g/mol. The van der Waals surface area contributed by atoms with Gasteiger partial charge in [0.1, 0.15) is 0 Å². The van der Waals surface area contributed by atoms with Gasteiger partial charge in [0.15, 0.2) is 0 Å². The zero-order valence-corrected chi connectivity index (χ0v) is 11.7. The first-order chi connectivity index (χ1) is 9.70. The van der Waals surface area contributed by atoms with Gasteiger partial charge in [-0.05, 0) is 37.4 Å². The summed E-state index contributed by atoms with van der Waals surface area (Å²) in [5.41, 5.74) is 7.41. The standard InChI is InChI=1S/C15H20N4O/c1-19(14-4-2-3-11(14)8-16)15(20)10-5-6-12-9-17-18-13(12)7-10/h5-7,9,11,14H,2-4,8,16H2,1H3,(H,17,18). The summed E-state index contributed by atoms with van der Waals surface area (Å²) in [4.78, 5) is 14.5. The third kappa shape index (κ3) is 2.18. The maximum Gasteiger partial charge on any atom is 0.253 e. The summed E-state index contributed by atoms with van der Waals surface area (Å²) in [6, 6.07) is 5.93. The maximum absolute atomic E-state index is 12.6. The highest BCUT2D eigenvalue weighted by Crippen LogP contribution is 2.29. The predicted molar refractivity (Wildman–Crippen MR) is 78.4 cm³/mol. The molecule has 20 heavy (non-hydrogen) atoms. The number of hydrogen-bond acceptors (Lipinski definition) is 3. The highest BCUT2D eigenvalue weighted by molar-refractivity contribution is 5.97. The molecule has 0 saturated heterocycles. The van der Waals surface area contributed by atoms with Crippen LogP contribution in [0.2, 0.25) is 0 Å². The monoisotopic (exact) mass is 272 g/mol. The molecule has 0 radical (unpaired) electrons. The lowest BCUT2D eigenvalue weighted by atomic mass is 10.0. The molecule has 0 spiro atoms. The highest BCUT2D eigenvalue weighted by atomic mass is 16.2. The van der Waals surface area contributed by atoms with E-state index in [2.05, 4.69) is 10.2 Å². The molecular weight excluding hydrogens is 252 g/mol. The van der Waals surface area contributed by atoms with Crippen LogP contribution in [0, 0.1) is 5.92 Å². The number of fused-ring (bicyclic) bond motifs is 1. The molecule has 1 aliphatic rings. The Morgan fingerprint density at radius 1 is 1.50 bits per heavy atom. The topological polar surface area (TPSA) is 75.0 Å². The van der Waals surface area contributed by atoms with Crippen molar-refractivity contribution in [1.29, 1.82) is 0 Å². The molecule has 2 aromatic rings. The zero-order valence-electron chi connectivity index (χ0n) is 11.7. The van der Waals surface area contributed by atoms with Gasteiger partial charge in [0, 0.05) is 24.0 Å². The third-order valence-corrected chi connectivity index (χ3v) is 4.43. The molecular formula is C15H20N4O. The summed E-state index contributed by atoms with van der Waals surface area (Å²) >= 11 is 0. The van der Waals surface area contributed by atoms with Crippen LogP contribution in [0.3, 0.4) is 0 Å². The number of nitrogens with one attached hydrogen (secondary N) is 1. The van der Waals surface area contributed by atoms with Crippen LogP contribution in [0.25, 0.3) is 10.9 Å². The molecule has 1 aromatic heterocycles. The molecule has 3 rings (SSSR count). The molecule has 5 heteroatoms. The number of benzene rings is 1. The first-order valence-electron chi connectivity index (χ1n) is 7.11. The quantitative estimate of drug-likeness (QED) is 0.894. The minimum Gasteiger partial charge on any atom is -0.338 e. The largest absolute Gasteiger partial charge is 0.338 e. The number of rotatable bonds is 3. The highest BCUT2D eigenvalue weighted by Gasteiger charge is 2.32. The van der Waals surface area contributed by atoms with Gasteiger partial charge in [-0.25, -0.2) is 0 Å². The van der Waals surface area contributed by atoms with Crippen molar-refractivity contribution in [3.8, 4) is 0 Å². The number of carbonyl (C=O) groups is 1. The Balaban J connectivity index is 1.83. The third-order valence-electron chi connectivity index (χ3n) is 4.43. The van der Waals surface area contributed by atoms with Crippen LogP contribution in [-0.2, 0) is 0 Å². The molecule has 1 aromatic carbocycles. The summed E-state index contributed by atoms with van der Waals surface area (Å²) in [6.45, 7) is 0.655. The van der Waals surface area contributed by atoms with Gasteiger partial charge in [-0.2, -0.15) is 5.10 Å². The second-order valence-electron chi connectivity index (χ2n) is 5.58. The van der Waals surface area contributed by atoms with Crippen LogP contribution in [-0.4, -0.2) is 40.6 Å². The molecule has 1 amide bonds. The number of aromatic amines is 1. The van der Waals surface area contributed by atoms with Crippen molar-refractivity contribution >= 4 is 16.8 Å². The minimum atomic E-state index is 0.0619. The number of carbonyl (C=O) groups excluding carboxylic acids is 1. The van der Waals surface area contributed by atoms with E-state index in [0.29, 0.717) is 18.0 Å². The number of amides is 1. The van der Waals surface area contributed by atoms with Gasteiger partial charge in [0.05, 0.1) is 11.7 Å². The van der Waals surface area contributed by atoms with Gasteiger partial charge in [0.25, 0.3) is 5.91 Å². The lowest BCUT2D eigenvalue weighted by Crippen LogP contribution is -2.41. The van der Waals surface area contributed by atoms with E-state index < -0.39 is 0 Å². The summed E-state index contributed by atoms with van der Waals surface area (Å²) < 4.78 is 0. The molecule has 2 unspecified atom stereocenters. The van der Waals surface area contributed by atoms with Crippen LogP contribution < -0.4 is 5.73 Å². The van der Waals surface area contributed by atoms with Crippen LogP contribution in [0.15, 0.2) is 24.4 Å². The van der Waals surface area contributed by atoms with E-state index in [0.717, 1.165) is 30.2 Å². The van der Waals surface area contributed by atoms with Crippen LogP contribution >= 0.6 is 0 Å². The normalized spacial score (nSPS) is 22.3. The molecule has 5 nitrogen and oxygen atoms in total. The first-order valence-corrected chi connectivity index (χ1v) is 7.11. The minimum absolute atomic E-state index is 0.0619. The Morgan fingerprint density at radius 3 is 3.15 bits per heavy atom. The van der Waals surface area contributed by atoms with E-state index in [9.17, 15) is 4.79 Å². The molecule has 3 N–H and O–H groups in total. The van der Waals surface area contributed by atoms with Crippen molar-refractivity contribution < 1.29 is 4.79 Å². The van der Waals surface area contributed by atoms with Gasteiger partial charge in [-0.3, -0.25) is 9.89 Å². The van der Waals surface area contributed by atoms with Gasteiger partial charge in [0.2, 0.25) is 0 Å². The Bertz CT molecular complexity index is 621. The number of aromatic nitrogens is 2. The van der Waals surface area contributed by atoms with Crippen LogP contribution in [0.5, 0.6) is 0 Å². The van der Waals surface area contributed by atoms with E-state index in [4.69, 9.17) is 5.73 Å². The SMILES string of the molecule is CN(C(=O)c1ccc2cn[nH]c2c1)C1CCCC1CN. The number of H-pyrrole nitrogens is 1. The van der Waals surface area contributed by atoms with E-state index in [1.165, 1.54) is 0 Å². The smallest absolute Gasteiger partial charge is 0.253 e. The molecule has 1 saturated carbocycles. The molecule has 2 atom stereocenters. The Morgan fingerprint density at radius 2 is 2.35 bits per heavy atom. The zero-order chi connectivity index (χ0) is 14.1. The van der Waals surface area contributed by atoms with Crippen molar-refractivity contribution in [2.45, 2.75) is 25.3 Å². The van der Waals surface area contributed by atoms with Crippen molar-refractivity contribution in [1.82, 2.24) is 15.1 Å². The molecule has 0 bridgehead atoms. The second kappa shape index (κ2) is 5.25. The number of hydrogen-bond donors (Lipinski definition) is 2.